The van der Waals surface area contributed by atoms with Gasteiger partial charge in [-0.3, -0.25) is 9.48 Å². The van der Waals surface area contributed by atoms with E-state index in [1.807, 2.05) is 23.1 Å². The number of carbonyl (C=O) groups is 1. The van der Waals surface area contributed by atoms with Crippen molar-refractivity contribution in [3.8, 4) is 5.75 Å². The summed E-state index contributed by atoms with van der Waals surface area (Å²) >= 11 is 0. The third-order valence-corrected chi connectivity index (χ3v) is 4.62. The first-order valence-corrected chi connectivity index (χ1v) is 7.77. The molecule has 2 aliphatic rings. The summed E-state index contributed by atoms with van der Waals surface area (Å²) < 4.78 is 7.31. The molecule has 1 aromatic heterocycles. The summed E-state index contributed by atoms with van der Waals surface area (Å²) in [6, 6.07) is 7.37. The Kier molecular flexibility index (Phi) is 3.13. The predicted octanol–water partition coefficient (Wildman–Crippen LogP) is 2.04. The van der Waals surface area contributed by atoms with Crippen molar-refractivity contribution in [3.05, 3.63) is 46.8 Å². The lowest BCUT2D eigenvalue weighted by atomic mass is 10.1. The number of rotatable bonds is 2. The number of methoxy groups -OCH3 is 1. The van der Waals surface area contributed by atoms with Crippen LogP contribution in [0.3, 0.4) is 0 Å². The third kappa shape index (κ3) is 2.08. The highest BCUT2D eigenvalue weighted by molar-refractivity contribution is 5.94. The van der Waals surface area contributed by atoms with Crippen molar-refractivity contribution in [2.24, 2.45) is 0 Å². The van der Waals surface area contributed by atoms with Crippen molar-refractivity contribution < 1.29 is 9.53 Å². The van der Waals surface area contributed by atoms with E-state index in [2.05, 4.69) is 9.78 Å². The molecule has 4 rings (SSSR count). The van der Waals surface area contributed by atoms with Gasteiger partial charge in [-0.15, -0.1) is 0 Å². The lowest BCUT2D eigenvalue weighted by Crippen LogP contribution is -2.38. The molecule has 22 heavy (non-hydrogen) atoms. The minimum absolute atomic E-state index is 0.0677. The van der Waals surface area contributed by atoms with Crippen LogP contribution in [-0.2, 0) is 25.9 Å². The summed E-state index contributed by atoms with van der Waals surface area (Å²) in [6.07, 6.45) is 3.38. The van der Waals surface area contributed by atoms with Crippen molar-refractivity contribution in [2.75, 3.05) is 13.7 Å². The monoisotopic (exact) mass is 297 g/mol. The van der Waals surface area contributed by atoms with Crippen molar-refractivity contribution in [3.63, 3.8) is 0 Å². The molecule has 0 saturated carbocycles. The zero-order valence-electron chi connectivity index (χ0n) is 12.7. The molecular formula is C17H19N3O2. The van der Waals surface area contributed by atoms with Crippen LogP contribution in [-0.4, -0.2) is 34.2 Å². The van der Waals surface area contributed by atoms with Crippen LogP contribution >= 0.6 is 0 Å². The first-order chi connectivity index (χ1) is 10.8. The Morgan fingerprint density at radius 3 is 3.05 bits per heavy atom. The molecule has 0 spiro atoms. The molecule has 0 bridgehead atoms. The van der Waals surface area contributed by atoms with Gasteiger partial charge in [-0.25, -0.2) is 0 Å². The van der Waals surface area contributed by atoms with Gasteiger partial charge in [0, 0.05) is 12.1 Å². The number of carbonyl (C=O) groups excluding carboxylic acids is 1. The van der Waals surface area contributed by atoms with Crippen molar-refractivity contribution >= 4 is 5.91 Å². The maximum absolute atomic E-state index is 12.7. The average molecular weight is 297 g/mol. The summed E-state index contributed by atoms with van der Waals surface area (Å²) in [5, 5.41) is 4.68. The lowest BCUT2D eigenvalue weighted by molar-refractivity contribution is 0.0705. The third-order valence-electron chi connectivity index (χ3n) is 4.62. The summed E-state index contributed by atoms with van der Waals surface area (Å²) in [4.78, 5) is 14.7. The lowest BCUT2D eigenvalue weighted by Gasteiger charge is -2.28. The maximum atomic E-state index is 12.7. The summed E-state index contributed by atoms with van der Waals surface area (Å²) in [5.41, 5.74) is 4.53. The number of ether oxygens (including phenoxy) is 1. The highest BCUT2D eigenvalue weighted by Gasteiger charge is 2.28. The van der Waals surface area contributed by atoms with Crippen LogP contribution in [0.25, 0.3) is 0 Å². The van der Waals surface area contributed by atoms with Crippen LogP contribution in [0.15, 0.2) is 24.3 Å². The molecule has 2 heterocycles. The van der Waals surface area contributed by atoms with Gasteiger partial charge < -0.3 is 9.64 Å². The second-order valence-corrected chi connectivity index (χ2v) is 5.91. The number of amides is 1. The van der Waals surface area contributed by atoms with Gasteiger partial charge in [0.1, 0.15) is 5.75 Å². The molecule has 1 aliphatic carbocycles. The zero-order chi connectivity index (χ0) is 15.1. The van der Waals surface area contributed by atoms with Gasteiger partial charge in [0.15, 0.2) is 0 Å². The molecule has 0 saturated heterocycles. The molecule has 0 radical (unpaired) electrons. The number of hydrogen-bond donors (Lipinski definition) is 0. The quantitative estimate of drug-likeness (QED) is 0.852. The van der Waals surface area contributed by atoms with E-state index in [9.17, 15) is 4.79 Å². The number of nitrogens with zero attached hydrogens (tertiary/aromatic N) is 3. The first-order valence-electron chi connectivity index (χ1n) is 7.77. The van der Waals surface area contributed by atoms with Gasteiger partial charge in [-0.05, 0) is 43.0 Å². The van der Waals surface area contributed by atoms with Crippen molar-refractivity contribution in [2.45, 2.75) is 32.4 Å². The molecule has 114 valence electrons. The fourth-order valence-electron chi connectivity index (χ4n) is 3.46. The Bertz CT molecular complexity index is 736. The van der Waals surface area contributed by atoms with Gasteiger partial charge in [0.2, 0.25) is 0 Å². The maximum Gasteiger partial charge on any atom is 0.254 e. The van der Waals surface area contributed by atoms with E-state index < -0.39 is 0 Å². The van der Waals surface area contributed by atoms with Gasteiger partial charge in [-0.2, -0.15) is 5.10 Å². The molecule has 2 aromatic rings. The fourth-order valence-corrected chi connectivity index (χ4v) is 3.46. The highest BCUT2D eigenvalue weighted by atomic mass is 16.5. The van der Waals surface area contributed by atoms with E-state index in [0.717, 1.165) is 19.4 Å². The normalized spacial score (nSPS) is 16.3. The van der Waals surface area contributed by atoms with E-state index in [-0.39, 0.29) is 5.91 Å². The number of fused-ring (bicyclic) bond motifs is 3. The van der Waals surface area contributed by atoms with Crippen LogP contribution in [0.1, 0.15) is 33.7 Å². The molecule has 5 nitrogen and oxygen atoms in total. The highest BCUT2D eigenvalue weighted by Crippen LogP contribution is 2.28. The van der Waals surface area contributed by atoms with E-state index in [1.54, 1.807) is 13.2 Å². The van der Waals surface area contributed by atoms with Crippen LogP contribution in [0.2, 0.25) is 0 Å². The Balaban J connectivity index is 1.60. The summed E-state index contributed by atoms with van der Waals surface area (Å²) in [5.74, 6) is 0.784. The topological polar surface area (TPSA) is 47.4 Å². The van der Waals surface area contributed by atoms with Crippen LogP contribution in [0.4, 0.5) is 0 Å². The van der Waals surface area contributed by atoms with Gasteiger partial charge in [0.05, 0.1) is 31.6 Å². The molecule has 0 N–H and O–H groups in total. The minimum atomic E-state index is 0.0677. The zero-order valence-corrected chi connectivity index (χ0v) is 12.7. The van der Waals surface area contributed by atoms with Crippen molar-refractivity contribution in [1.82, 2.24) is 14.7 Å². The number of aryl methyl sites for hydroxylation is 1. The van der Waals surface area contributed by atoms with Gasteiger partial charge in [0.25, 0.3) is 5.91 Å². The summed E-state index contributed by atoms with van der Waals surface area (Å²) in [7, 11) is 1.62. The number of hydrogen-bond acceptors (Lipinski definition) is 3. The molecule has 1 amide bonds. The van der Waals surface area contributed by atoms with E-state index >= 15 is 0 Å². The van der Waals surface area contributed by atoms with E-state index in [4.69, 9.17) is 4.74 Å². The second-order valence-electron chi connectivity index (χ2n) is 5.91. The van der Waals surface area contributed by atoms with Crippen molar-refractivity contribution in [1.29, 1.82) is 0 Å². The smallest absolute Gasteiger partial charge is 0.254 e. The molecule has 0 fully saturated rings. The Hall–Kier alpha value is -2.30. The number of aromatic nitrogens is 2. The standard InChI is InChI=1S/C17H19N3O2/c1-22-13-5-2-4-12(10-13)17(21)19-8-9-20-16(11-19)14-6-3-7-15(14)18-20/h2,4-5,10H,3,6-9,11H2,1H3. The van der Waals surface area contributed by atoms with E-state index in [1.165, 1.54) is 23.4 Å². The van der Waals surface area contributed by atoms with Gasteiger partial charge >= 0.3 is 0 Å². The molecule has 0 unspecified atom stereocenters. The molecule has 1 aliphatic heterocycles. The van der Waals surface area contributed by atoms with Gasteiger partial charge in [-0.1, -0.05) is 6.07 Å². The molecule has 1 aromatic carbocycles. The Labute approximate surface area is 129 Å². The summed E-state index contributed by atoms with van der Waals surface area (Å²) in [6.45, 7) is 2.17. The van der Waals surface area contributed by atoms with E-state index in [0.29, 0.717) is 24.4 Å². The second kappa shape index (κ2) is 5.16. The van der Waals surface area contributed by atoms with Crippen LogP contribution in [0, 0.1) is 0 Å². The van der Waals surface area contributed by atoms with Crippen LogP contribution < -0.4 is 4.74 Å². The average Bonchev–Trinajstić information content (AvgIpc) is 3.14. The largest absolute Gasteiger partial charge is 0.497 e. The fraction of sp³-hybridized carbons (Fsp3) is 0.412. The van der Waals surface area contributed by atoms with Crippen LogP contribution in [0.5, 0.6) is 5.75 Å². The molecule has 5 heteroatoms. The Morgan fingerprint density at radius 1 is 1.27 bits per heavy atom. The SMILES string of the molecule is COc1cccc(C(=O)N2CCn3nc4c(c3C2)CCC4)c1. The molecule has 0 atom stereocenters. The number of benzene rings is 1. The first kappa shape index (κ1) is 13.4. The predicted molar refractivity (Wildman–Crippen MR) is 82.0 cm³/mol. The minimum Gasteiger partial charge on any atom is -0.497 e. The molecular weight excluding hydrogens is 278 g/mol. The Morgan fingerprint density at radius 2 is 2.18 bits per heavy atom.